The number of hydrazone groups is 1. The van der Waals surface area contributed by atoms with E-state index in [4.69, 9.17) is 9.47 Å². The van der Waals surface area contributed by atoms with Gasteiger partial charge in [0.15, 0.2) is 18.1 Å². The highest BCUT2D eigenvalue weighted by Crippen LogP contribution is 2.33. The molecule has 3 aromatic rings. The fourth-order valence-electron chi connectivity index (χ4n) is 2.64. The minimum Gasteiger partial charge on any atom is -0.490 e. The smallest absolute Gasteiger partial charge is 0.262 e. The Morgan fingerprint density at radius 1 is 1.23 bits per heavy atom. The Bertz CT molecular complexity index is 1080. The van der Waals surface area contributed by atoms with Crippen LogP contribution in [-0.2, 0) is 4.79 Å². The molecule has 0 unspecified atom stereocenters. The van der Waals surface area contributed by atoms with Crippen molar-refractivity contribution < 1.29 is 14.3 Å². The first-order chi connectivity index (χ1) is 15.0. The molecule has 0 saturated carbocycles. The van der Waals surface area contributed by atoms with E-state index in [0.717, 1.165) is 32.1 Å². The van der Waals surface area contributed by atoms with Crippen LogP contribution in [0.2, 0.25) is 0 Å². The number of hydrogen-bond acceptors (Lipinski definition) is 7. The lowest BCUT2D eigenvalue weighted by Gasteiger charge is -2.14. The van der Waals surface area contributed by atoms with Crippen molar-refractivity contribution in [2.75, 3.05) is 24.0 Å². The molecule has 0 aliphatic rings. The summed E-state index contributed by atoms with van der Waals surface area (Å²) in [7, 11) is 0. The standard InChI is InChI=1S/C22H23BrN4O3S/c1-4-29-19-9-16(11-24-27-22-25-15(3)13-31-22)17(23)10-20(19)30-12-21(28)26-18-8-6-5-7-14(18)2/h5-11,13H,4,12H2,1-3H3,(H,25,27)(H,26,28). The van der Waals surface area contributed by atoms with Gasteiger partial charge in [-0.1, -0.05) is 18.2 Å². The molecule has 3 rings (SSSR count). The van der Waals surface area contributed by atoms with Crippen LogP contribution in [0.4, 0.5) is 10.8 Å². The summed E-state index contributed by atoms with van der Waals surface area (Å²) >= 11 is 5.01. The van der Waals surface area contributed by atoms with Gasteiger partial charge in [0.2, 0.25) is 5.13 Å². The molecule has 1 amide bonds. The molecule has 162 valence electrons. The molecule has 0 spiro atoms. The van der Waals surface area contributed by atoms with E-state index in [1.165, 1.54) is 11.3 Å². The number of anilines is 2. The van der Waals surface area contributed by atoms with Gasteiger partial charge in [-0.15, -0.1) is 11.3 Å². The van der Waals surface area contributed by atoms with Crippen LogP contribution in [0.5, 0.6) is 11.5 Å². The van der Waals surface area contributed by atoms with E-state index in [1.54, 1.807) is 18.3 Å². The fraction of sp³-hybridized carbons (Fsp3) is 0.227. The number of carbonyl (C=O) groups is 1. The lowest BCUT2D eigenvalue weighted by atomic mass is 10.2. The van der Waals surface area contributed by atoms with Gasteiger partial charge >= 0.3 is 0 Å². The van der Waals surface area contributed by atoms with Gasteiger partial charge in [-0.2, -0.15) is 5.10 Å². The first-order valence-electron chi connectivity index (χ1n) is 9.62. The highest BCUT2D eigenvalue weighted by molar-refractivity contribution is 9.10. The molecule has 0 atom stereocenters. The minimum absolute atomic E-state index is 0.140. The van der Waals surface area contributed by atoms with Gasteiger partial charge in [0.05, 0.1) is 18.5 Å². The summed E-state index contributed by atoms with van der Waals surface area (Å²) in [6.45, 7) is 6.07. The Balaban J connectivity index is 1.67. The molecular formula is C22H23BrN4O3S. The van der Waals surface area contributed by atoms with Crippen LogP contribution in [0, 0.1) is 13.8 Å². The van der Waals surface area contributed by atoms with Crippen LogP contribution in [0.25, 0.3) is 0 Å². The molecule has 0 radical (unpaired) electrons. The molecule has 2 aromatic carbocycles. The van der Waals surface area contributed by atoms with E-state index >= 15 is 0 Å². The molecule has 1 heterocycles. The molecule has 2 N–H and O–H groups in total. The number of nitrogens with zero attached hydrogens (tertiary/aromatic N) is 2. The monoisotopic (exact) mass is 502 g/mol. The summed E-state index contributed by atoms with van der Waals surface area (Å²) in [5.74, 6) is 0.747. The van der Waals surface area contributed by atoms with Gasteiger partial charge in [-0.3, -0.25) is 10.2 Å². The molecule has 0 saturated heterocycles. The summed E-state index contributed by atoms with van der Waals surface area (Å²) in [4.78, 5) is 16.6. The van der Waals surface area contributed by atoms with Crippen LogP contribution in [0.1, 0.15) is 23.7 Å². The van der Waals surface area contributed by atoms with Crippen LogP contribution >= 0.6 is 27.3 Å². The lowest BCUT2D eigenvalue weighted by Crippen LogP contribution is -2.21. The molecule has 1 aromatic heterocycles. The SMILES string of the molecule is CCOc1cc(C=NNc2nc(C)cs2)c(Br)cc1OCC(=O)Nc1ccccc1C. The van der Waals surface area contributed by atoms with Crippen molar-refractivity contribution in [3.8, 4) is 11.5 Å². The summed E-state index contributed by atoms with van der Waals surface area (Å²) in [5.41, 5.74) is 6.38. The zero-order valence-corrected chi connectivity index (χ0v) is 19.8. The van der Waals surface area contributed by atoms with Crippen molar-refractivity contribution in [1.82, 2.24) is 4.98 Å². The third kappa shape index (κ3) is 6.53. The van der Waals surface area contributed by atoms with Gasteiger partial charge in [0.1, 0.15) is 0 Å². The molecule has 0 aliphatic carbocycles. The largest absolute Gasteiger partial charge is 0.490 e. The van der Waals surface area contributed by atoms with E-state index in [2.05, 4.69) is 36.8 Å². The first-order valence-corrected chi connectivity index (χ1v) is 11.3. The van der Waals surface area contributed by atoms with Crippen molar-refractivity contribution in [2.45, 2.75) is 20.8 Å². The third-order valence-electron chi connectivity index (χ3n) is 4.12. The van der Waals surface area contributed by atoms with E-state index in [1.807, 2.05) is 50.4 Å². The number of aryl methyl sites for hydroxylation is 2. The van der Waals surface area contributed by atoms with E-state index in [0.29, 0.717) is 18.1 Å². The molecule has 0 aliphatic heterocycles. The number of ether oxygens (including phenoxy) is 2. The summed E-state index contributed by atoms with van der Waals surface area (Å²) in [5, 5.41) is 9.74. The lowest BCUT2D eigenvalue weighted by molar-refractivity contribution is -0.118. The molecule has 9 heteroatoms. The number of rotatable bonds is 9. The maximum atomic E-state index is 12.3. The van der Waals surface area contributed by atoms with Crippen molar-refractivity contribution in [3.63, 3.8) is 0 Å². The van der Waals surface area contributed by atoms with Crippen LogP contribution in [0.3, 0.4) is 0 Å². The molecule has 0 bridgehead atoms. The van der Waals surface area contributed by atoms with Crippen molar-refractivity contribution in [1.29, 1.82) is 0 Å². The topological polar surface area (TPSA) is 84.8 Å². The molecule has 31 heavy (non-hydrogen) atoms. The van der Waals surface area contributed by atoms with Crippen LogP contribution in [0.15, 0.2) is 51.4 Å². The molecule has 0 fully saturated rings. The Morgan fingerprint density at radius 2 is 2.00 bits per heavy atom. The van der Waals surface area contributed by atoms with Crippen molar-refractivity contribution in [3.05, 3.63) is 63.1 Å². The Kier molecular flexibility index (Phi) is 8.02. The number of halogens is 1. The predicted octanol–water partition coefficient (Wildman–Crippen LogP) is 5.38. The third-order valence-corrected chi connectivity index (χ3v) is 5.68. The number of para-hydroxylation sites is 1. The second-order valence-corrected chi connectivity index (χ2v) is 8.28. The number of nitrogens with one attached hydrogen (secondary N) is 2. The summed E-state index contributed by atoms with van der Waals surface area (Å²) in [6, 6.07) is 11.2. The number of benzene rings is 2. The van der Waals surface area contributed by atoms with E-state index in [-0.39, 0.29) is 12.5 Å². The average molecular weight is 503 g/mol. The van der Waals surface area contributed by atoms with Crippen molar-refractivity contribution >= 4 is 50.2 Å². The maximum absolute atomic E-state index is 12.3. The highest BCUT2D eigenvalue weighted by Gasteiger charge is 2.13. The zero-order chi connectivity index (χ0) is 22.2. The van der Waals surface area contributed by atoms with Gasteiger partial charge < -0.3 is 14.8 Å². The molecule has 7 nitrogen and oxygen atoms in total. The van der Waals surface area contributed by atoms with Crippen LogP contribution in [-0.4, -0.2) is 30.3 Å². The number of carbonyl (C=O) groups excluding carboxylic acids is 1. The van der Waals surface area contributed by atoms with Gasteiger partial charge in [-0.05, 0) is 60.5 Å². The van der Waals surface area contributed by atoms with Gasteiger partial charge in [0, 0.05) is 21.1 Å². The maximum Gasteiger partial charge on any atom is 0.262 e. The van der Waals surface area contributed by atoms with Gasteiger partial charge in [-0.25, -0.2) is 4.98 Å². The number of thiazole rings is 1. The van der Waals surface area contributed by atoms with E-state index < -0.39 is 0 Å². The van der Waals surface area contributed by atoms with Crippen molar-refractivity contribution in [2.24, 2.45) is 5.10 Å². The quantitative estimate of drug-likeness (QED) is 0.302. The first kappa shape index (κ1) is 22.8. The number of aromatic nitrogens is 1. The minimum atomic E-state index is -0.249. The zero-order valence-electron chi connectivity index (χ0n) is 17.4. The second-order valence-electron chi connectivity index (χ2n) is 6.57. The van der Waals surface area contributed by atoms with Gasteiger partial charge in [0.25, 0.3) is 5.91 Å². The predicted molar refractivity (Wildman–Crippen MR) is 129 cm³/mol. The second kappa shape index (κ2) is 10.9. The fourth-order valence-corrected chi connectivity index (χ4v) is 3.70. The molecular weight excluding hydrogens is 480 g/mol. The Labute approximate surface area is 193 Å². The average Bonchev–Trinajstić information content (AvgIpc) is 3.16. The Morgan fingerprint density at radius 3 is 2.71 bits per heavy atom. The highest BCUT2D eigenvalue weighted by atomic mass is 79.9. The van der Waals surface area contributed by atoms with E-state index in [9.17, 15) is 4.79 Å². The Hall–Kier alpha value is -2.91. The number of hydrogen-bond donors (Lipinski definition) is 2. The van der Waals surface area contributed by atoms with Crippen LogP contribution < -0.4 is 20.2 Å². The normalized spacial score (nSPS) is 10.8. The number of amides is 1. The summed E-state index contributed by atoms with van der Waals surface area (Å²) < 4.78 is 12.2. The summed E-state index contributed by atoms with van der Waals surface area (Å²) in [6.07, 6.45) is 1.66.